The maximum Gasteiger partial charge on any atom is 0.331 e. The summed E-state index contributed by atoms with van der Waals surface area (Å²) in [6, 6.07) is 4.25. The molecule has 3 amide bonds. The third-order valence-corrected chi connectivity index (χ3v) is 6.57. The highest BCUT2D eigenvalue weighted by atomic mass is 32.2. The number of carbonyl (C=O) groups is 4. The van der Waals surface area contributed by atoms with Crippen LogP contribution in [0.4, 0.5) is 0 Å². The van der Waals surface area contributed by atoms with Gasteiger partial charge in [0.1, 0.15) is 17.0 Å². The molecule has 4 rings (SSSR count). The Balaban J connectivity index is 1.66. The second-order valence-corrected chi connectivity index (χ2v) is 7.81. The van der Waals surface area contributed by atoms with Gasteiger partial charge in [-0.15, -0.1) is 11.8 Å². The molecule has 9 heteroatoms. The van der Waals surface area contributed by atoms with Gasteiger partial charge in [0.15, 0.2) is 6.04 Å². The van der Waals surface area contributed by atoms with Crippen molar-refractivity contribution in [3.05, 3.63) is 35.4 Å². The van der Waals surface area contributed by atoms with Crippen molar-refractivity contribution in [2.75, 3.05) is 12.9 Å². The first-order chi connectivity index (χ1) is 12.3. The molecule has 3 heterocycles. The predicted octanol–water partition coefficient (Wildman–Crippen LogP) is -0.141. The summed E-state index contributed by atoms with van der Waals surface area (Å²) in [7, 11) is 1.18. The molecule has 2 fully saturated rings. The first kappa shape index (κ1) is 17.0. The van der Waals surface area contributed by atoms with Gasteiger partial charge in [0.25, 0.3) is 17.7 Å². The number of carbonyl (C=O) groups excluding carboxylic acids is 4. The molecule has 1 aromatic rings. The van der Waals surface area contributed by atoms with Gasteiger partial charge in [-0.25, -0.2) is 4.79 Å². The fraction of sp³-hybridized carbons (Fsp3) is 0.412. The Hall–Kier alpha value is -2.39. The Kier molecular flexibility index (Phi) is 3.64. The van der Waals surface area contributed by atoms with E-state index >= 15 is 0 Å². The van der Waals surface area contributed by atoms with Crippen LogP contribution in [-0.2, 0) is 14.3 Å². The normalized spacial score (nSPS) is 32.9. The zero-order valence-corrected chi connectivity index (χ0v) is 14.9. The van der Waals surface area contributed by atoms with E-state index in [2.05, 4.69) is 0 Å². The molecular weight excluding hydrogens is 360 g/mol. The van der Waals surface area contributed by atoms with Crippen molar-refractivity contribution in [3.63, 3.8) is 0 Å². The van der Waals surface area contributed by atoms with Crippen LogP contribution in [0.3, 0.4) is 0 Å². The fourth-order valence-corrected chi connectivity index (χ4v) is 5.20. The summed E-state index contributed by atoms with van der Waals surface area (Å²) in [6.07, 6.45) is 0. The van der Waals surface area contributed by atoms with E-state index in [0.29, 0.717) is 0 Å². The summed E-state index contributed by atoms with van der Waals surface area (Å²) < 4.78 is 4.73. The number of amides is 3. The third kappa shape index (κ3) is 2.07. The van der Waals surface area contributed by atoms with Crippen molar-refractivity contribution in [1.82, 2.24) is 9.80 Å². The van der Waals surface area contributed by atoms with Crippen LogP contribution in [0.1, 0.15) is 27.6 Å². The third-order valence-electron chi connectivity index (χ3n) is 4.99. The van der Waals surface area contributed by atoms with E-state index in [0.717, 1.165) is 4.90 Å². The summed E-state index contributed by atoms with van der Waals surface area (Å²) >= 11 is 1.23. The van der Waals surface area contributed by atoms with Crippen LogP contribution in [-0.4, -0.2) is 74.5 Å². The minimum atomic E-state index is -1.46. The van der Waals surface area contributed by atoms with Crippen molar-refractivity contribution in [1.29, 1.82) is 0 Å². The summed E-state index contributed by atoms with van der Waals surface area (Å²) in [4.78, 5) is 52.4. The molecule has 0 radical (unpaired) electrons. The Morgan fingerprint density at radius 3 is 2.35 bits per heavy atom. The molecule has 1 N–H and O–H groups in total. The van der Waals surface area contributed by atoms with Crippen LogP contribution in [0.25, 0.3) is 0 Å². The first-order valence-electron chi connectivity index (χ1n) is 8.00. The Bertz CT molecular complexity index is 818. The highest BCUT2D eigenvalue weighted by molar-refractivity contribution is 8.00. The van der Waals surface area contributed by atoms with Gasteiger partial charge in [-0.05, 0) is 19.1 Å². The van der Waals surface area contributed by atoms with E-state index in [9.17, 15) is 24.3 Å². The monoisotopic (exact) mass is 376 g/mol. The number of imide groups is 1. The molecule has 3 aliphatic rings. The van der Waals surface area contributed by atoms with Crippen molar-refractivity contribution in [2.45, 2.75) is 30.0 Å². The number of esters is 1. The summed E-state index contributed by atoms with van der Waals surface area (Å²) in [6.45, 7) is 1.46. The number of hydrogen-bond acceptors (Lipinski definition) is 7. The number of benzene rings is 1. The summed E-state index contributed by atoms with van der Waals surface area (Å²) in [5, 5.41) is 9.92. The van der Waals surface area contributed by atoms with E-state index in [1.165, 1.54) is 30.7 Å². The van der Waals surface area contributed by atoms with Gasteiger partial charge in [0.2, 0.25) is 0 Å². The SMILES string of the molecule is COC(=O)C1N2C(=O)C(N3C(=O)c4ccccc4C3=O)[C@@H]2SC[C@@]1(C)O. The molecule has 2 unspecified atom stereocenters. The van der Waals surface area contributed by atoms with Gasteiger partial charge in [-0.1, -0.05) is 12.1 Å². The summed E-state index contributed by atoms with van der Waals surface area (Å²) in [5.41, 5.74) is -0.932. The minimum absolute atomic E-state index is 0.168. The molecular formula is C17H16N2O6S. The van der Waals surface area contributed by atoms with E-state index in [4.69, 9.17) is 4.74 Å². The highest BCUT2D eigenvalue weighted by Crippen LogP contribution is 2.45. The lowest BCUT2D eigenvalue weighted by Gasteiger charge is -2.57. The zero-order valence-electron chi connectivity index (χ0n) is 14.0. The van der Waals surface area contributed by atoms with Crippen LogP contribution < -0.4 is 0 Å². The van der Waals surface area contributed by atoms with Crippen molar-refractivity contribution >= 4 is 35.5 Å². The van der Waals surface area contributed by atoms with Gasteiger partial charge in [0.05, 0.1) is 18.2 Å². The molecule has 26 heavy (non-hydrogen) atoms. The topological polar surface area (TPSA) is 104 Å². The largest absolute Gasteiger partial charge is 0.467 e. The Morgan fingerprint density at radius 2 is 1.81 bits per heavy atom. The Morgan fingerprint density at radius 1 is 1.23 bits per heavy atom. The molecule has 3 aliphatic heterocycles. The minimum Gasteiger partial charge on any atom is -0.467 e. The second kappa shape index (κ2) is 5.55. The van der Waals surface area contributed by atoms with Gasteiger partial charge in [-0.3, -0.25) is 19.3 Å². The molecule has 0 bridgehead atoms. The molecule has 0 spiro atoms. The average Bonchev–Trinajstić information content (AvgIpc) is 2.86. The quantitative estimate of drug-likeness (QED) is 0.435. The fourth-order valence-electron chi connectivity index (χ4n) is 3.73. The smallest absolute Gasteiger partial charge is 0.331 e. The molecule has 2 saturated heterocycles. The standard InChI is InChI=1S/C17H16N2O6S/c1-17(24)7-26-15-10(14(22)19(15)11(17)16(23)25-2)18-12(20)8-5-3-4-6-9(8)13(18)21/h3-6,10-11,15,24H,7H2,1-2H3/t10?,11?,15-,17+/m0/s1. The van der Waals surface area contributed by atoms with Crippen LogP contribution in [0.15, 0.2) is 24.3 Å². The lowest BCUT2D eigenvalue weighted by molar-refractivity contribution is -0.178. The molecule has 0 saturated carbocycles. The Labute approximate surface area is 153 Å². The number of methoxy groups -OCH3 is 1. The molecule has 136 valence electrons. The van der Waals surface area contributed by atoms with Crippen molar-refractivity contribution in [3.8, 4) is 0 Å². The molecule has 4 atom stereocenters. The van der Waals surface area contributed by atoms with Crippen LogP contribution in [0.5, 0.6) is 0 Å². The van der Waals surface area contributed by atoms with Crippen molar-refractivity contribution < 1.29 is 29.0 Å². The highest BCUT2D eigenvalue weighted by Gasteiger charge is 2.65. The number of thioether (sulfide) groups is 1. The number of fused-ring (bicyclic) bond motifs is 2. The summed E-state index contributed by atoms with van der Waals surface area (Å²) in [5.74, 6) is -2.14. The number of nitrogens with zero attached hydrogens (tertiary/aromatic N) is 2. The van der Waals surface area contributed by atoms with Crippen LogP contribution in [0.2, 0.25) is 0 Å². The van der Waals surface area contributed by atoms with Gasteiger partial charge in [-0.2, -0.15) is 0 Å². The first-order valence-corrected chi connectivity index (χ1v) is 9.05. The predicted molar refractivity (Wildman–Crippen MR) is 90.2 cm³/mol. The number of ether oxygens (including phenoxy) is 1. The molecule has 0 aliphatic carbocycles. The number of rotatable bonds is 2. The lowest BCUT2D eigenvalue weighted by Crippen LogP contribution is -2.79. The van der Waals surface area contributed by atoms with Gasteiger partial charge in [0, 0.05) is 5.75 Å². The number of hydrogen-bond donors (Lipinski definition) is 1. The van der Waals surface area contributed by atoms with E-state index in [1.54, 1.807) is 24.3 Å². The molecule has 8 nitrogen and oxygen atoms in total. The average molecular weight is 376 g/mol. The number of β-lactam (4-membered cyclic amide) rings is 1. The maximum atomic E-state index is 12.8. The maximum absolute atomic E-state index is 12.8. The van der Waals surface area contributed by atoms with Gasteiger partial charge < -0.3 is 14.7 Å². The number of aliphatic hydroxyl groups is 1. The van der Waals surface area contributed by atoms with Crippen molar-refractivity contribution in [2.24, 2.45) is 0 Å². The van der Waals surface area contributed by atoms with E-state index in [1.807, 2.05) is 0 Å². The van der Waals surface area contributed by atoms with E-state index in [-0.39, 0.29) is 16.9 Å². The van der Waals surface area contributed by atoms with Crippen LogP contribution >= 0.6 is 11.8 Å². The zero-order chi connectivity index (χ0) is 18.8. The van der Waals surface area contributed by atoms with Crippen LogP contribution in [0, 0.1) is 0 Å². The molecule has 0 aromatic heterocycles. The van der Waals surface area contributed by atoms with E-state index < -0.39 is 46.7 Å². The lowest BCUT2D eigenvalue weighted by atomic mass is 9.90. The molecule has 1 aromatic carbocycles. The van der Waals surface area contributed by atoms with Gasteiger partial charge >= 0.3 is 5.97 Å². The second-order valence-electron chi connectivity index (χ2n) is 6.70.